The summed E-state index contributed by atoms with van der Waals surface area (Å²) in [6, 6.07) is 0.281. The van der Waals surface area contributed by atoms with Crippen LogP contribution < -0.4 is 5.73 Å². The highest BCUT2D eigenvalue weighted by Crippen LogP contribution is 2.31. The van der Waals surface area contributed by atoms with E-state index in [2.05, 4.69) is 20.3 Å². The van der Waals surface area contributed by atoms with Crippen LogP contribution >= 0.6 is 0 Å². The van der Waals surface area contributed by atoms with E-state index in [1.807, 2.05) is 4.68 Å². The number of ether oxygens (including phenoxy) is 1. The Labute approximate surface area is 104 Å². The second-order valence-corrected chi connectivity index (χ2v) is 4.64. The zero-order chi connectivity index (χ0) is 12.5. The predicted octanol–water partition coefficient (Wildman–Crippen LogP) is 0.934. The average molecular weight is 248 g/mol. The fourth-order valence-electron chi connectivity index (χ4n) is 2.58. The third kappa shape index (κ3) is 1.80. The summed E-state index contributed by atoms with van der Waals surface area (Å²) in [6.45, 7) is 0. The van der Waals surface area contributed by atoms with Gasteiger partial charge in [0.25, 0.3) is 0 Å². The number of hydrogen-bond donors (Lipinski definition) is 1. The van der Waals surface area contributed by atoms with Crippen molar-refractivity contribution in [3.8, 4) is 0 Å². The van der Waals surface area contributed by atoms with Crippen LogP contribution in [0, 0.1) is 0 Å². The summed E-state index contributed by atoms with van der Waals surface area (Å²) in [5, 5.41) is 8.24. The van der Waals surface area contributed by atoms with E-state index >= 15 is 0 Å². The van der Waals surface area contributed by atoms with Crippen molar-refractivity contribution in [3.63, 3.8) is 0 Å². The van der Waals surface area contributed by atoms with Crippen LogP contribution in [0.2, 0.25) is 0 Å². The minimum absolute atomic E-state index is 0.281. The van der Waals surface area contributed by atoms with Crippen molar-refractivity contribution in [1.82, 2.24) is 25.0 Å². The molecule has 2 aromatic rings. The maximum Gasteiger partial charge on any atom is 0.184 e. The van der Waals surface area contributed by atoms with Crippen molar-refractivity contribution in [2.45, 2.75) is 37.8 Å². The van der Waals surface area contributed by atoms with Crippen LogP contribution in [0.15, 0.2) is 6.33 Å². The summed E-state index contributed by atoms with van der Waals surface area (Å²) in [6.07, 6.45) is 6.00. The van der Waals surface area contributed by atoms with Crippen LogP contribution in [0.5, 0.6) is 0 Å². The van der Waals surface area contributed by atoms with E-state index in [9.17, 15) is 0 Å². The summed E-state index contributed by atoms with van der Waals surface area (Å²) >= 11 is 0. The van der Waals surface area contributed by atoms with Crippen LogP contribution in [0.25, 0.3) is 11.2 Å². The maximum atomic E-state index is 5.76. The maximum absolute atomic E-state index is 5.76. The van der Waals surface area contributed by atoms with Gasteiger partial charge in [-0.05, 0) is 25.7 Å². The summed E-state index contributed by atoms with van der Waals surface area (Å²) in [5.74, 6) is 0.380. The van der Waals surface area contributed by atoms with E-state index in [0.717, 1.165) is 25.7 Å². The molecule has 0 bridgehead atoms. The summed E-state index contributed by atoms with van der Waals surface area (Å²) < 4.78 is 7.30. The number of nitrogen functional groups attached to an aromatic ring is 1. The molecule has 2 N–H and O–H groups in total. The molecule has 7 nitrogen and oxygen atoms in total. The van der Waals surface area contributed by atoms with E-state index in [-0.39, 0.29) is 6.04 Å². The largest absolute Gasteiger partial charge is 0.382 e. The van der Waals surface area contributed by atoms with Crippen LogP contribution in [0.1, 0.15) is 31.7 Å². The Bertz CT molecular complexity index is 553. The van der Waals surface area contributed by atoms with Crippen LogP contribution in [-0.2, 0) is 4.74 Å². The van der Waals surface area contributed by atoms with E-state index in [0.29, 0.717) is 23.1 Å². The molecular formula is C11H16N6O. The molecule has 96 valence electrons. The molecule has 1 aliphatic carbocycles. The molecule has 0 aliphatic heterocycles. The zero-order valence-electron chi connectivity index (χ0n) is 10.3. The molecular weight excluding hydrogens is 232 g/mol. The van der Waals surface area contributed by atoms with Gasteiger partial charge in [-0.2, -0.15) is 0 Å². The van der Waals surface area contributed by atoms with E-state index in [1.165, 1.54) is 6.33 Å². The smallest absolute Gasteiger partial charge is 0.184 e. The molecule has 2 unspecified atom stereocenters. The summed E-state index contributed by atoms with van der Waals surface area (Å²) in [5.41, 5.74) is 7.05. The molecule has 2 aromatic heterocycles. The highest BCUT2D eigenvalue weighted by molar-refractivity contribution is 5.80. The van der Waals surface area contributed by atoms with Crippen LogP contribution in [-0.4, -0.2) is 38.2 Å². The first-order chi connectivity index (χ1) is 8.79. The Hall–Kier alpha value is -1.76. The van der Waals surface area contributed by atoms with Gasteiger partial charge in [-0.15, -0.1) is 5.10 Å². The topological polar surface area (TPSA) is 91.7 Å². The van der Waals surface area contributed by atoms with Crippen molar-refractivity contribution in [2.24, 2.45) is 0 Å². The van der Waals surface area contributed by atoms with Crippen molar-refractivity contribution in [2.75, 3.05) is 12.8 Å². The van der Waals surface area contributed by atoms with Gasteiger partial charge in [0, 0.05) is 7.11 Å². The molecule has 2 atom stereocenters. The summed E-state index contributed by atoms with van der Waals surface area (Å²) in [4.78, 5) is 8.16. The molecule has 1 aliphatic rings. The lowest BCUT2D eigenvalue weighted by atomic mass is 9.93. The van der Waals surface area contributed by atoms with Gasteiger partial charge in [0.15, 0.2) is 17.0 Å². The highest BCUT2D eigenvalue weighted by Gasteiger charge is 2.26. The average Bonchev–Trinajstić information content (AvgIpc) is 2.84. The Morgan fingerprint density at radius 3 is 3.11 bits per heavy atom. The first-order valence-electron chi connectivity index (χ1n) is 6.13. The van der Waals surface area contributed by atoms with Crippen LogP contribution in [0.4, 0.5) is 5.82 Å². The lowest BCUT2D eigenvalue weighted by Crippen LogP contribution is -2.25. The Morgan fingerprint density at radius 1 is 1.39 bits per heavy atom. The molecule has 1 saturated carbocycles. The van der Waals surface area contributed by atoms with Crippen LogP contribution in [0.3, 0.4) is 0 Å². The molecule has 0 saturated heterocycles. The van der Waals surface area contributed by atoms with Gasteiger partial charge in [-0.3, -0.25) is 0 Å². The Kier molecular flexibility index (Phi) is 2.83. The van der Waals surface area contributed by atoms with E-state index in [4.69, 9.17) is 10.5 Å². The fourth-order valence-corrected chi connectivity index (χ4v) is 2.58. The predicted molar refractivity (Wildman–Crippen MR) is 65.8 cm³/mol. The molecule has 1 fully saturated rings. The molecule has 7 heteroatoms. The SMILES string of the molecule is COC1CCCC(n2nnc3c(N)ncnc32)C1. The molecule has 0 spiro atoms. The normalized spacial score (nSPS) is 24.5. The van der Waals surface area contributed by atoms with Crippen molar-refractivity contribution >= 4 is 17.0 Å². The first-order valence-corrected chi connectivity index (χ1v) is 6.13. The molecule has 18 heavy (non-hydrogen) atoms. The third-order valence-electron chi connectivity index (χ3n) is 3.57. The second kappa shape index (κ2) is 4.49. The van der Waals surface area contributed by atoms with Gasteiger partial charge in [0.2, 0.25) is 0 Å². The lowest BCUT2D eigenvalue weighted by Gasteiger charge is -2.27. The number of hydrogen-bond acceptors (Lipinski definition) is 6. The summed E-state index contributed by atoms with van der Waals surface area (Å²) in [7, 11) is 1.76. The molecule has 0 radical (unpaired) electrons. The van der Waals surface area contributed by atoms with Crippen molar-refractivity contribution < 1.29 is 4.74 Å². The van der Waals surface area contributed by atoms with Gasteiger partial charge >= 0.3 is 0 Å². The third-order valence-corrected chi connectivity index (χ3v) is 3.57. The Morgan fingerprint density at radius 2 is 2.28 bits per heavy atom. The van der Waals surface area contributed by atoms with Crippen molar-refractivity contribution in [3.05, 3.63) is 6.33 Å². The molecule has 3 rings (SSSR count). The number of fused-ring (bicyclic) bond motifs is 1. The number of aromatic nitrogens is 5. The number of methoxy groups -OCH3 is 1. The number of rotatable bonds is 2. The van der Waals surface area contributed by atoms with E-state index < -0.39 is 0 Å². The fraction of sp³-hybridized carbons (Fsp3) is 0.636. The number of anilines is 1. The Balaban J connectivity index is 1.96. The molecule has 0 aromatic carbocycles. The monoisotopic (exact) mass is 248 g/mol. The minimum atomic E-state index is 0.281. The highest BCUT2D eigenvalue weighted by atomic mass is 16.5. The van der Waals surface area contributed by atoms with E-state index in [1.54, 1.807) is 7.11 Å². The quantitative estimate of drug-likeness (QED) is 0.850. The number of nitrogens with zero attached hydrogens (tertiary/aromatic N) is 5. The zero-order valence-corrected chi connectivity index (χ0v) is 10.3. The second-order valence-electron chi connectivity index (χ2n) is 4.64. The minimum Gasteiger partial charge on any atom is -0.382 e. The first kappa shape index (κ1) is 11.3. The lowest BCUT2D eigenvalue weighted by molar-refractivity contribution is 0.0512. The van der Waals surface area contributed by atoms with Crippen molar-refractivity contribution in [1.29, 1.82) is 0 Å². The number of nitrogens with two attached hydrogens (primary N) is 1. The molecule has 2 heterocycles. The van der Waals surface area contributed by atoms with Gasteiger partial charge in [-0.25, -0.2) is 14.6 Å². The molecule has 0 amide bonds. The van der Waals surface area contributed by atoms with Gasteiger partial charge in [0.05, 0.1) is 12.1 Å². The van der Waals surface area contributed by atoms with Gasteiger partial charge in [-0.1, -0.05) is 5.21 Å². The van der Waals surface area contributed by atoms with Gasteiger partial charge < -0.3 is 10.5 Å². The standard InChI is InChI=1S/C11H16N6O/c1-18-8-4-2-3-7(5-8)17-11-9(15-16-17)10(12)13-6-14-11/h6-8H,2-5H2,1H3,(H2,12,13,14). The van der Waals surface area contributed by atoms with Gasteiger partial charge in [0.1, 0.15) is 6.33 Å².